The summed E-state index contributed by atoms with van der Waals surface area (Å²) in [6.07, 6.45) is 12.0. The molecular formula is C20H24N2O2. The first-order valence-corrected chi connectivity index (χ1v) is 8.20. The van der Waals surface area contributed by atoms with Gasteiger partial charge in [-0.1, -0.05) is 24.8 Å². The maximum absolute atomic E-state index is 9.21. The first-order valence-electron chi connectivity index (χ1n) is 8.20. The fourth-order valence-electron chi connectivity index (χ4n) is 2.18. The lowest BCUT2D eigenvalue weighted by Gasteiger charge is -2.04. The lowest BCUT2D eigenvalue weighted by atomic mass is 10.1. The van der Waals surface area contributed by atoms with Crippen molar-refractivity contribution in [2.75, 3.05) is 6.61 Å². The van der Waals surface area contributed by atoms with E-state index in [4.69, 9.17) is 4.74 Å². The number of aliphatic hydroxyl groups is 1. The van der Waals surface area contributed by atoms with Crippen LogP contribution < -0.4 is 4.74 Å². The van der Waals surface area contributed by atoms with Crippen LogP contribution in [0.3, 0.4) is 0 Å². The fourth-order valence-corrected chi connectivity index (χ4v) is 2.18. The van der Waals surface area contributed by atoms with Crippen LogP contribution in [0.5, 0.6) is 5.75 Å². The van der Waals surface area contributed by atoms with Gasteiger partial charge < -0.3 is 9.84 Å². The average Bonchev–Trinajstić information content (AvgIpc) is 2.60. The summed E-state index contributed by atoms with van der Waals surface area (Å²) < 4.78 is 5.46. The van der Waals surface area contributed by atoms with Gasteiger partial charge in [0.25, 0.3) is 0 Å². The molecule has 0 radical (unpaired) electrons. The molecule has 0 saturated heterocycles. The van der Waals surface area contributed by atoms with Gasteiger partial charge in [-0.15, -0.1) is 0 Å². The molecule has 0 bridgehead atoms. The zero-order valence-electron chi connectivity index (χ0n) is 14.1. The molecule has 24 heavy (non-hydrogen) atoms. The minimum Gasteiger partial charge on any atom is -0.490 e. The Morgan fingerprint density at radius 2 is 1.92 bits per heavy atom. The van der Waals surface area contributed by atoms with Crippen molar-refractivity contribution in [1.29, 1.82) is 0 Å². The van der Waals surface area contributed by atoms with Gasteiger partial charge in [-0.2, -0.15) is 0 Å². The van der Waals surface area contributed by atoms with Crippen molar-refractivity contribution < 1.29 is 9.84 Å². The van der Waals surface area contributed by atoms with Gasteiger partial charge in [0.05, 0.1) is 6.10 Å². The highest BCUT2D eigenvalue weighted by Gasteiger charge is 2.01. The zero-order valence-corrected chi connectivity index (χ0v) is 14.1. The summed E-state index contributed by atoms with van der Waals surface area (Å²) in [5.74, 6) is 1.49. The van der Waals surface area contributed by atoms with Crippen LogP contribution in [0.2, 0.25) is 0 Å². The van der Waals surface area contributed by atoms with E-state index in [1.165, 1.54) is 0 Å². The molecule has 4 nitrogen and oxygen atoms in total. The topological polar surface area (TPSA) is 55.2 Å². The normalized spacial score (nSPS) is 12.2. The maximum atomic E-state index is 9.21. The van der Waals surface area contributed by atoms with E-state index < -0.39 is 0 Å². The Morgan fingerprint density at radius 1 is 1.21 bits per heavy atom. The van der Waals surface area contributed by atoms with E-state index in [1.54, 1.807) is 6.08 Å². The number of allylic oxidation sites excluding steroid dienone is 1. The van der Waals surface area contributed by atoms with E-state index in [-0.39, 0.29) is 6.10 Å². The molecule has 1 heterocycles. The SMILES string of the molecule is C=CCOc1ccc(-c2ncc(/C=C/CCCC(C)O)cn2)cc1. The zero-order chi connectivity index (χ0) is 17.2. The number of hydrogen-bond donors (Lipinski definition) is 1. The largest absolute Gasteiger partial charge is 0.490 e. The van der Waals surface area contributed by atoms with Crippen molar-refractivity contribution in [3.63, 3.8) is 0 Å². The van der Waals surface area contributed by atoms with Gasteiger partial charge in [0, 0.05) is 23.5 Å². The molecule has 1 unspecified atom stereocenters. The van der Waals surface area contributed by atoms with Crippen LogP contribution >= 0.6 is 0 Å². The Bertz CT molecular complexity index is 646. The highest BCUT2D eigenvalue weighted by atomic mass is 16.5. The fraction of sp³-hybridized carbons (Fsp3) is 0.300. The number of ether oxygens (including phenoxy) is 1. The van der Waals surface area contributed by atoms with Crippen LogP contribution in [0.4, 0.5) is 0 Å². The van der Waals surface area contributed by atoms with Gasteiger partial charge in [-0.05, 0) is 50.5 Å². The maximum Gasteiger partial charge on any atom is 0.159 e. The molecule has 1 N–H and O–H groups in total. The van der Waals surface area contributed by atoms with Crippen LogP contribution in [0, 0.1) is 0 Å². The van der Waals surface area contributed by atoms with E-state index >= 15 is 0 Å². The highest BCUT2D eigenvalue weighted by molar-refractivity contribution is 5.57. The van der Waals surface area contributed by atoms with Crippen LogP contribution in [-0.4, -0.2) is 27.8 Å². The quantitative estimate of drug-likeness (QED) is 0.553. The summed E-state index contributed by atoms with van der Waals surface area (Å²) in [4.78, 5) is 8.82. The van der Waals surface area contributed by atoms with E-state index in [0.29, 0.717) is 12.4 Å². The molecule has 1 aromatic heterocycles. The van der Waals surface area contributed by atoms with Crippen LogP contribution in [0.25, 0.3) is 17.5 Å². The van der Waals surface area contributed by atoms with Crippen LogP contribution in [-0.2, 0) is 0 Å². The molecule has 2 aromatic rings. The van der Waals surface area contributed by atoms with Crippen molar-refractivity contribution in [3.8, 4) is 17.1 Å². The molecule has 1 aromatic carbocycles. The van der Waals surface area contributed by atoms with Crippen molar-refractivity contribution >= 4 is 6.08 Å². The average molecular weight is 324 g/mol. The minimum absolute atomic E-state index is 0.227. The molecule has 0 fully saturated rings. The summed E-state index contributed by atoms with van der Waals surface area (Å²) in [5, 5.41) is 9.21. The van der Waals surface area contributed by atoms with E-state index in [0.717, 1.165) is 36.1 Å². The number of unbranched alkanes of at least 4 members (excludes halogenated alkanes) is 1. The molecule has 0 saturated carbocycles. The van der Waals surface area contributed by atoms with Crippen LogP contribution in [0.1, 0.15) is 31.7 Å². The highest BCUT2D eigenvalue weighted by Crippen LogP contribution is 2.19. The predicted octanol–water partition coefficient (Wildman–Crippen LogP) is 4.27. The van der Waals surface area contributed by atoms with Gasteiger partial charge in [0.15, 0.2) is 5.82 Å². The lowest BCUT2D eigenvalue weighted by molar-refractivity contribution is 0.182. The minimum atomic E-state index is -0.227. The second kappa shape index (κ2) is 9.63. The van der Waals surface area contributed by atoms with E-state index in [9.17, 15) is 5.11 Å². The third-order valence-electron chi connectivity index (χ3n) is 3.46. The number of benzene rings is 1. The summed E-state index contributed by atoms with van der Waals surface area (Å²) in [6, 6.07) is 7.69. The summed E-state index contributed by atoms with van der Waals surface area (Å²) >= 11 is 0. The van der Waals surface area contributed by atoms with Gasteiger partial charge in [0.2, 0.25) is 0 Å². The van der Waals surface area contributed by atoms with Gasteiger partial charge in [-0.25, -0.2) is 9.97 Å². The molecule has 0 aliphatic carbocycles. The monoisotopic (exact) mass is 324 g/mol. The third kappa shape index (κ3) is 5.97. The molecule has 1 atom stereocenters. The number of aliphatic hydroxyl groups excluding tert-OH is 1. The number of rotatable bonds is 9. The van der Waals surface area contributed by atoms with Crippen molar-refractivity contribution in [2.45, 2.75) is 32.3 Å². The molecular weight excluding hydrogens is 300 g/mol. The predicted molar refractivity (Wildman–Crippen MR) is 97.7 cm³/mol. The second-order valence-electron chi connectivity index (χ2n) is 5.65. The first-order chi connectivity index (χ1) is 11.7. The molecule has 0 aliphatic heterocycles. The van der Waals surface area contributed by atoms with Gasteiger partial charge in [0.1, 0.15) is 12.4 Å². The second-order valence-corrected chi connectivity index (χ2v) is 5.65. The Balaban J connectivity index is 1.91. The van der Waals surface area contributed by atoms with Crippen molar-refractivity contribution in [1.82, 2.24) is 9.97 Å². The van der Waals surface area contributed by atoms with Crippen LogP contribution in [0.15, 0.2) is 55.4 Å². The number of hydrogen-bond acceptors (Lipinski definition) is 4. The smallest absolute Gasteiger partial charge is 0.159 e. The Morgan fingerprint density at radius 3 is 2.54 bits per heavy atom. The summed E-state index contributed by atoms with van der Waals surface area (Å²) in [6.45, 7) is 5.93. The van der Waals surface area contributed by atoms with Crippen molar-refractivity contribution in [3.05, 3.63) is 61.0 Å². The molecule has 0 aliphatic rings. The van der Waals surface area contributed by atoms with Crippen molar-refractivity contribution in [2.24, 2.45) is 0 Å². The Kier molecular flexibility index (Phi) is 7.18. The first kappa shape index (κ1) is 17.9. The van der Waals surface area contributed by atoms with Gasteiger partial charge >= 0.3 is 0 Å². The Labute approximate surface area is 143 Å². The molecule has 126 valence electrons. The summed E-state index contributed by atoms with van der Waals surface area (Å²) in [7, 11) is 0. The van der Waals surface area contributed by atoms with E-state index in [2.05, 4.69) is 22.6 Å². The molecule has 0 spiro atoms. The van der Waals surface area contributed by atoms with E-state index in [1.807, 2.05) is 49.7 Å². The molecule has 0 amide bonds. The molecule has 2 rings (SSSR count). The molecule has 4 heteroatoms. The lowest BCUT2D eigenvalue weighted by Crippen LogP contribution is -1.97. The van der Waals surface area contributed by atoms with Gasteiger partial charge in [-0.3, -0.25) is 0 Å². The number of nitrogens with zero attached hydrogens (tertiary/aromatic N) is 2. The third-order valence-corrected chi connectivity index (χ3v) is 3.46. The summed E-state index contributed by atoms with van der Waals surface area (Å²) in [5.41, 5.74) is 1.93. The standard InChI is InChI=1S/C20H24N2O2/c1-3-13-24-19-11-9-18(10-12-19)20-21-14-17(15-22-20)8-6-4-5-7-16(2)23/h3,6,8-12,14-16,23H,1,4-5,7,13H2,2H3/b8-6+. The number of aromatic nitrogens is 2. The Hall–Kier alpha value is -2.46.